The molecular weight excluding hydrogens is 222 g/mol. The van der Waals surface area contributed by atoms with Gasteiger partial charge in [0.2, 0.25) is 0 Å². The van der Waals surface area contributed by atoms with Gasteiger partial charge in [0, 0.05) is 16.9 Å². The van der Waals surface area contributed by atoms with Gasteiger partial charge in [-0.1, -0.05) is 24.3 Å². The first-order valence-corrected chi connectivity index (χ1v) is 6.18. The normalized spacial score (nSPS) is 22.5. The van der Waals surface area contributed by atoms with Crippen molar-refractivity contribution in [2.45, 2.75) is 37.0 Å². The first-order chi connectivity index (χ1) is 8.08. The van der Waals surface area contributed by atoms with Gasteiger partial charge in [-0.05, 0) is 31.2 Å². The third kappa shape index (κ3) is 1.77. The highest BCUT2D eigenvalue weighted by Crippen LogP contribution is 2.51. The summed E-state index contributed by atoms with van der Waals surface area (Å²) >= 11 is 0. The van der Waals surface area contributed by atoms with Crippen LogP contribution in [-0.2, 0) is 11.3 Å². The molecule has 2 aliphatic rings. The summed E-state index contributed by atoms with van der Waals surface area (Å²) in [5, 5.41) is 9.29. The molecular formula is C14H16F2O. The molecule has 17 heavy (non-hydrogen) atoms. The first kappa shape index (κ1) is 11.1. The van der Waals surface area contributed by atoms with E-state index in [4.69, 9.17) is 0 Å². The summed E-state index contributed by atoms with van der Waals surface area (Å²) in [6, 6.07) is 6.58. The van der Waals surface area contributed by atoms with Crippen molar-refractivity contribution in [1.29, 1.82) is 0 Å². The summed E-state index contributed by atoms with van der Waals surface area (Å²) < 4.78 is 27.6. The molecule has 2 aliphatic carbocycles. The van der Waals surface area contributed by atoms with Crippen LogP contribution < -0.4 is 0 Å². The summed E-state index contributed by atoms with van der Waals surface area (Å²) in [5.41, 5.74) is 0.987. The van der Waals surface area contributed by atoms with Crippen LogP contribution in [0.4, 0.5) is 8.78 Å². The number of benzene rings is 1. The van der Waals surface area contributed by atoms with Gasteiger partial charge in [0.1, 0.15) is 0 Å². The highest BCUT2D eigenvalue weighted by molar-refractivity contribution is 5.35. The zero-order chi connectivity index (χ0) is 12.1. The van der Waals surface area contributed by atoms with Crippen LogP contribution in [0.1, 0.15) is 36.8 Å². The number of rotatable bonds is 4. The van der Waals surface area contributed by atoms with Crippen molar-refractivity contribution in [3.63, 3.8) is 0 Å². The Morgan fingerprint density at radius 2 is 1.76 bits per heavy atom. The Labute approximate surface area is 99.5 Å². The smallest absolute Gasteiger partial charge is 0.276 e. The van der Waals surface area contributed by atoms with E-state index < -0.39 is 11.8 Å². The molecule has 3 rings (SSSR count). The predicted octanol–water partition coefficient (Wildman–Crippen LogP) is 3.21. The molecule has 0 saturated heterocycles. The van der Waals surface area contributed by atoms with Gasteiger partial charge in [0.25, 0.3) is 5.92 Å². The Balaban J connectivity index is 1.85. The Bertz CT molecular complexity index is 416. The van der Waals surface area contributed by atoms with Gasteiger partial charge in [-0.15, -0.1) is 0 Å². The maximum atomic E-state index is 13.8. The molecule has 2 fully saturated rings. The predicted molar refractivity (Wildman–Crippen MR) is 61.1 cm³/mol. The van der Waals surface area contributed by atoms with Crippen LogP contribution in [0, 0.1) is 5.92 Å². The molecule has 1 aromatic rings. The summed E-state index contributed by atoms with van der Waals surface area (Å²) in [5.74, 6) is -3.13. The van der Waals surface area contributed by atoms with Crippen molar-refractivity contribution in [2.75, 3.05) is 6.61 Å². The number of aliphatic hydroxyl groups excluding tert-OH is 1. The Morgan fingerprint density at radius 3 is 2.18 bits per heavy atom. The molecule has 0 spiro atoms. The van der Waals surface area contributed by atoms with Gasteiger partial charge < -0.3 is 5.11 Å². The van der Waals surface area contributed by atoms with E-state index in [-0.39, 0.29) is 17.6 Å². The second-order valence-corrected chi connectivity index (χ2v) is 5.41. The first-order valence-electron chi connectivity index (χ1n) is 6.18. The van der Waals surface area contributed by atoms with Crippen molar-refractivity contribution in [2.24, 2.45) is 5.92 Å². The van der Waals surface area contributed by atoms with E-state index in [0.29, 0.717) is 12.8 Å². The molecule has 0 aliphatic heterocycles. The van der Waals surface area contributed by atoms with Gasteiger partial charge in [-0.3, -0.25) is 0 Å². The van der Waals surface area contributed by atoms with E-state index >= 15 is 0 Å². The van der Waals surface area contributed by atoms with Gasteiger partial charge >= 0.3 is 0 Å². The second-order valence-electron chi connectivity index (χ2n) is 5.41. The van der Waals surface area contributed by atoms with Crippen LogP contribution >= 0.6 is 0 Å². The fraction of sp³-hybridized carbons (Fsp3) is 0.571. The molecule has 0 atom stereocenters. The van der Waals surface area contributed by atoms with Crippen molar-refractivity contribution in [3.8, 4) is 0 Å². The highest BCUT2D eigenvalue weighted by atomic mass is 19.3. The Morgan fingerprint density at radius 1 is 1.18 bits per heavy atom. The van der Waals surface area contributed by atoms with Crippen LogP contribution in [0.25, 0.3) is 0 Å². The number of hydrogen-bond donors (Lipinski definition) is 1. The van der Waals surface area contributed by atoms with Gasteiger partial charge in [0.15, 0.2) is 0 Å². The zero-order valence-electron chi connectivity index (χ0n) is 9.63. The van der Waals surface area contributed by atoms with E-state index in [1.807, 2.05) is 0 Å². The molecule has 1 nitrogen and oxygen atoms in total. The van der Waals surface area contributed by atoms with Crippen LogP contribution in [-0.4, -0.2) is 11.7 Å². The Hall–Kier alpha value is -0.960. The average molecular weight is 238 g/mol. The lowest BCUT2D eigenvalue weighted by atomic mass is 9.94. The number of aliphatic hydroxyl groups is 1. The van der Waals surface area contributed by atoms with Crippen molar-refractivity contribution >= 4 is 0 Å². The largest absolute Gasteiger partial charge is 0.395 e. The monoisotopic (exact) mass is 238 g/mol. The van der Waals surface area contributed by atoms with E-state index in [1.165, 1.54) is 12.1 Å². The maximum Gasteiger partial charge on any atom is 0.276 e. The van der Waals surface area contributed by atoms with E-state index in [0.717, 1.165) is 18.4 Å². The molecule has 1 N–H and O–H groups in total. The summed E-state index contributed by atoms with van der Waals surface area (Å²) in [6.07, 6.45) is 3.19. The lowest BCUT2D eigenvalue weighted by Crippen LogP contribution is -2.17. The van der Waals surface area contributed by atoms with Gasteiger partial charge in [0.05, 0.1) is 6.61 Å². The average Bonchev–Trinajstić information content (AvgIpc) is 3.20. The zero-order valence-corrected chi connectivity index (χ0v) is 9.63. The molecule has 2 saturated carbocycles. The SMILES string of the molecule is OCC1(c2ccc(C(F)(F)C3CC3)cc2)CC1. The standard InChI is InChI=1S/C14H16F2O/c15-14(16,12-5-6-12)11-3-1-10(2-4-11)13(9-17)7-8-13/h1-4,12,17H,5-9H2. The second kappa shape index (κ2) is 3.52. The maximum absolute atomic E-state index is 13.8. The molecule has 0 amide bonds. The molecule has 0 radical (unpaired) electrons. The quantitative estimate of drug-likeness (QED) is 0.854. The molecule has 3 heteroatoms. The van der Waals surface area contributed by atoms with E-state index in [2.05, 4.69) is 0 Å². The molecule has 92 valence electrons. The number of alkyl halides is 2. The Kier molecular flexibility index (Phi) is 2.31. The molecule has 0 heterocycles. The highest BCUT2D eigenvalue weighted by Gasteiger charge is 2.48. The minimum absolute atomic E-state index is 0.116. The summed E-state index contributed by atoms with van der Waals surface area (Å²) in [4.78, 5) is 0. The minimum Gasteiger partial charge on any atom is -0.395 e. The van der Waals surface area contributed by atoms with Crippen molar-refractivity contribution in [3.05, 3.63) is 35.4 Å². The van der Waals surface area contributed by atoms with Gasteiger partial charge in [-0.25, -0.2) is 8.78 Å². The van der Waals surface area contributed by atoms with Crippen molar-refractivity contribution < 1.29 is 13.9 Å². The van der Waals surface area contributed by atoms with Crippen LogP contribution in [0.15, 0.2) is 24.3 Å². The van der Waals surface area contributed by atoms with E-state index in [9.17, 15) is 13.9 Å². The molecule has 0 unspecified atom stereocenters. The minimum atomic E-state index is -2.67. The number of halogens is 2. The lowest BCUT2D eigenvalue weighted by Gasteiger charge is -2.18. The third-order valence-corrected chi connectivity index (χ3v) is 4.13. The molecule has 1 aromatic carbocycles. The molecule has 0 bridgehead atoms. The fourth-order valence-corrected chi connectivity index (χ4v) is 2.42. The van der Waals surface area contributed by atoms with Crippen molar-refractivity contribution in [1.82, 2.24) is 0 Å². The van der Waals surface area contributed by atoms with Gasteiger partial charge in [-0.2, -0.15) is 0 Å². The summed E-state index contributed by atoms with van der Waals surface area (Å²) in [7, 11) is 0. The number of hydrogen-bond acceptors (Lipinski definition) is 1. The summed E-state index contributed by atoms with van der Waals surface area (Å²) in [6.45, 7) is 0.116. The fourth-order valence-electron chi connectivity index (χ4n) is 2.42. The third-order valence-electron chi connectivity index (χ3n) is 4.13. The van der Waals surface area contributed by atoms with Crippen LogP contribution in [0.2, 0.25) is 0 Å². The van der Waals surface area contributed by atoms with Crippen LogP contribution in [0.5, 0.6) is 0 Å². The van der Waals surface area contributed by atoms with Crippen LogP contribution in [0.3, 0.4) is 0 Å². The lowest BCUT2D eigenvalue weighted by molar-refractivity contribution is -0.0285. The topological polar surface area (TPSA) is 20.2 Å². The molecule has 0 aromatic heterocycles. The van der Waals surface area contributed by atoms with E-state index in [1.54, 1.807) is 12.1 Å².